The Morgan fingerprint density at radius 3 is 2.71 bits per heavy atom. The molecule has 1 nitrogen and oxygen atoms in total. The summed E-state index contributed by atoms with van der Waals surface area (Å²) in [6, 6.07) is 0. The summed E-state index contributed by atoms with van der Waals surface area (Å²) in [5.74, 6) is 0.994. The van der Waals surface area contributed by atoms with E-state index in [2.05, 4.69) is 20.8 Å². The van der Waals surface area contributed by atoms with Crippen LogP contribution in [0.25, 0.3) is 0 Å². The summed E-state index contributed by atoms with van der Waals surface area (Å²) in [6.45, 7) is 6.80. The largest absolute Gasteiger partial charge is 0.295 e. The molecule has 0 heterocycles. The van der Waals surface area contributed by atoms with E-state index in [4.69, 9.17) is 0 Å². The maximum Gasteiger partial charge on any atom is 0.159 e. The number of rotatable bonds is 0. The predicted octanol–water partition coefficient (Wildman–Crippen LogP) is 3.49. The second-order valence-corrected chi connectivity index (χ2v) is 5.55. The normalized spacial score (nSPS) is 31.6. The van der Waals surface area contributed by atoms with Gasteiger partial charge >= 0.3 is 0 Å². The second-order valence-electron chi connectivity index (χ2n) is 5.55. The summed E-state index contributed by atoms with van der Waals surface area (Å²) >= 11 is 0. The minimum absolute atomic E-state index is 0.346. The van der Waals surface area contributed by atoms with Gasteiger partial charge < -0.3 is 0 Å². The summed E-state index contributed by atoms with van der Waals surface area (Å²) in [5.41, 5.74) is 2.92. The molecule has 0 radical (unpaired) electrons. The molecule has 0 unspecified atom stereocenters. The Morgan fingerprint density at radius 2 is 2.00 bits per heavy atom. The number of carbonyl (C=O) groups is 1. The lowest BCUT2D eigenvalue weighted by atomic mass is 9.73. The van der Waals surface area contributed by atoms with Gasteiger partial charge in [0.25, 0.3) is 0 Å². The quantitative estimate of drug-likeness (QED) is 0.574. The fraction of sp³-hybridized carbons (Fsp3) is 0.769. The molecule has 0 N–H and O–H groups in total. The van der Waals surface area contributed by atoms with E-state index >= 15 is 0 Å². The Hall–Kier alpha value is -0.590. The number of fused-ring (bicyclic) bond motifs is 1. The highest BCUT2D eigenvalue weighted by molar-refractivity contribution is 5.97. The van der Waals surface area contributed by atoms with E-state index in [1.165, 1.54) is 24.0 Å². The van der Waals surface area contributed by atoms with E-state index < -0.39 is 0 Å². The van der Waals surface area contributed by atoms with Crippen molar-refractivity contribution in [3.8, 4) is 0 Å². The number of allylic oxidation sites excluding steroid dienone is 2. The van der Waals surface area contributed by atoms with Gasteiger partial charge in [-0.1, -0.05) is 19.4 Å². The maximum absolute atomic E-state index is 11.9. The molecule has 0 aliphatic heterocycles. The van der Waals surface area contributed by atoms with Crippen LogP contribution < -0.4 is 0 Å². The van der Waals surface area contributed by atoms with Gasteiger partial charge in [0.05, 0.1) is 0 Å². The van der Waals surface area contributed by atoms with Crippen molar-refractivity contribution in [2.75, 3.05) is 0 Å². The van der Waals surface area contributed by atoms with E-state index in [-0.39, 0.29) is 0 Å². The van der Waals surface area contributed by atoms with Gasteiger partial charge in [-0.25, -0.2) is 0 Å². The van der Waals surface area contributed by atoms with E-state index in [0.29, 0.717) is 17.1 Å². The van der Waals surface area contributed by atoms with Gasteiger partial charge in [0.2, 0.25) is 0 Å². The van der Waals surface area contributed by atoms with E-state index in [9.17, 15) is 4.79 Å². The van der Waals surface area contributed by atoms with Crippen LogP contribution in [0, 0.1) is 11.3 Å². The fourth-order valence-corrected chi connectivity index (χ4v) is 3.16. The minimum Gasteiger partial charge on any atom is -0.295 e. The molecule has 2 aliphatic rings. The highest BCUT2D eigenvalue weighted by atomic mass is 16.1. The molecule has 2 aliphatic carbocycles. The topological polar surface area (TPSA) is 17.1 Å². The minimum atomic E-state index is 0.346. The number of hydrogen-bond acceptors (Lipinski definition) is 1. The Kier molecular flexibility index (Phi) is 2.29. The Bertz CT molecular complexity index is 296. The van der Waals surface area contributed by atoms with Crippen LogP contribution in [0.5, 0.6) is 0 Å². The Morgan fingerprint density at radius 1 is 1.29 bits per heavy atom. The third-order valence-electron chi connectivity index (χ3n) is 4.08. The molecule has 0 amide bonds. The van der Waals surface area contributed by atoms with Crippen LogP contribution in [-0.2, 0) is 4.79 Å². The summed E-state index contributed by atoms with van der Waals surface area (Å²) in [5, 5.41) is 0. The average Bonchev–Trinajstić information content (AvgIpc) is 2.42. The molecule has 78 valence electrons. The van der Waals surface area contributed by atoms with E-state index in [1.54, 1.807) is 0 Å². The van der Waals surface area contributed by atoms with E-state index in [0.717, 1.165) is 19.3 Å². The monoisotopic (exact) mass is 192 g/mol. The lowest BCUT2D eigenvalue weighted by Crippen LogP contribution is -2.23. The zero-order valence-corrected chi connectivity index (χ0v) is 9.52. The standard InChI is InChI=1S/C13H20O/c1-9-6-7-10-12(9)11(14)5-4-8-13(10,2)3/h10H,4-8H2,1-3H3/t10-/m1/s1. The van der Waals surface area contributed by atoms with Gasteiger partial charge in [-0.05, 0) is 49.5 Å². The molecular formula is C13H20O. The molecule has 1 heteroatoms. The smallest absolute Gasteiger partial charge is 0.159 e. The van der Waals surface area contributed by atoms with Gasteiger partial charge in [-0.2, -0.15) is 0 Å². The molecule has 0 aromatic heterocycles. The number of hydrogen-bond donors (Lipinski definition) is 0. The van der Waals surface area contributed by atoms with Crippen LogP contribution >= 0.6 is 0 Å². The Labute approximate surface area is 86.6 Å². The Balaban J connectivity index is 2.41. The average molecular weight is 192 g/mol. The first-order valence-corrected chi connectivity index (χ1v) is 5.75. The molecule has 0 saturated heterocycles. The molecule has 0 bridgehead atoms. The zero-order valence-electron chi connectivity index (χ0n) is 9.52. The van der Waals surface area contributed by atoms with Crippen molar-refractivity contribution in [2.24, 2.45) is 11.3 Å². The van der Waals surface area contributed by atoms with Crippen molar-refractivity contribution < 1.29 is 4.79 Å². The van der Waals surface area contributed by atoms with Crippen molar-refractivity contribution in [1.29, 1.82) is 0 Å². The van der Waals surface area contributed by atoms with Crippen LogP contribution in [0.2, 0.25) is 0 Å². The molecule has 0 spiro atoms. The number of carbonyl (C=O) groups excluding carboxylic acids is 1. The van der Waals surface area contributed by atoms with Gasteiger partial charge in [0.1, 0.15) is 0 Å². The molecule has 14 heavy (non-hydrogen) atoms. The number of Topliss-reactive ketones (excluding diaryl/α,β-unsaturated/α-hetero) is 1. The second kappa shape index (κ2) is 3.22. The first-order chi connectivity index (χ1) is 6.52. The third kappa shape index (κ3) is 1.43. The molecule has 0 aromatic rings. The van der Waals surface area contributed by atoms with Gasteiger partial charge in [-0.15, -0.1) is 0 Å². The molecule has 1 saturated carbocycles. The first kappa shape index (κ1) is 9.95. The summed E-state index contributed by atoms with van der Waals surface area (Å²) < 4.78 is 0. The summed E-state index contributed by atoms with van der Waals surface area (Å²) in [4.78, 5) is 11.9. The van der Waals surface area contributed by atoms with Crippen molar-refractivity contribution in [2.45, 2.75) is 52.9 Å². The molecular weight excluding hydrogens is 172 g/mol. The van der Waals surface area contributed by atoms with Crippen molar-refractivity contribution in [1.82, 2.24) is 0 Å². The molecule has 1 fully saturated rings. The highest BCUT2D eigenvalue weighted by Crippen LogP contribution is 2.48. The lowest BCUT2D eigenvalue weighted by Gasteiger charge is -2.31. The van der Waals surface area contributed by atoms with Crippen LogP contribution in [0.1, 0.15) is 52.9 Å². The van der Waals surface area contributed by atoms with Crippen molar-refractivity contribution in [3.05, 3.63) is 11.1 Å². The maximum atomic E-state index is 11.9. The SMILES string of the molecule is CC1=C2C(=O)CCCC(C)(C)[C@@H]2CC1. The molecule has 1 atom stereocenters. The van der Waals surface area contributed by atoms with Crippen LogP contribution in [0.4, 0.5) is 0 Å². The first-order valence-electron chi connectivity index (χ1n) is 5.75. The van der Waals surface area contributed by atoms with Crippen molar-refractivity contribution >= 4 is 5.78 Å². The summed E-state index contributed by atoms with van der Waals surface area (Å²) in [7, 11) is 0. The van der Waals surface area contributed by atoms with Gasteiger partial charge in [-0.3, -0.25) is 4.79 Å². The van der Waals surface area contributed by atoms with Gasteiger partial charge in [0, 0.05) is 6.42 Å². The predicted molar refractivity (Wildman–Crippen MR) is 58.1 cm³/mol. The number of ketones is 1. The van der Waals surface area contributed by atoms with Crippen LogP contribution in [0.3, 0.4) is 0 Å². The van der Waals surface area contributed by atoms with Crippen molar-refractivity contribution in [3.63, 3.8) is 0 Å². The fourth-order valence-electron chi connectivity index (χ4n) is 3.16. The highest BCUT2D eigenvalue weighted by Gasteiger charge is 2.40. The van der Waals surface area contributed by atoms with Crippen LogP contribution in [0.15, 0.2) is 11.1 Å². The van der Waals surface area contributed by atoms with Crippen LogP contribution in [-0.4, -0.2) is 5.78 Å². The summed E-state index contributed by atoms with van der Waals surface area (Å²) in [6.07, 6.45) is 5.43. The van der Waals surface area contributed by atoms with Gasteiger partial charge in [0.15, 0.2) is 5.78 Å². The lowest BCUT2D eigenvalue weighted by molar-refractivity contribution is -0.115. The molecule has 2 rings (SSSR count). The molecule has 0 aromatic carbocycles. The third-order valence-corrected chi connectivity index (χ3v) is 4.08. The zero-order chi connectivity index (χ0) is 10.3. The van der Waals surface area contributed by atoms with E-state index in [1.807, 2.05) is 0 Å².